The molecule has 0 unspecified atom stereocenters. The fraction of sp³-hybridized carbons (Fsp3) is 0.312. The Balaban J connectivity index is 2.04. The second kappa shape index (κ2) is 13.2. The zero-order valence-electron chi connectivity index (χ0n) is 20.8. The summed E-state index contributed by atoms with van der Waals surface area (Å²) >= 11 is 0. The van der Waals surface area contributed by atoms with E-state index in [1.54, 1.807) is 0 Å². The van der Waals surface area contributed by atoms with Crippen LogP contribution in [0, 0.1) is 37.5 Å². The van der Waals surface area contributed by atoms with Crippen LogP contribution in [-0.4, -0.2) is 0 Å². The molecule has 0 aliphatic carbocycles. The monoisotopic (exact) mass is 450 g/mol. The predicted molar refractivity (Wildman–Crippen MR) is 142 cm³/mol. The highest BCUT2D eigenvalue weighted by Gasteiger charge is 2.12. The average molecular weight is 451 g/mol. The van der Waals surface area contributed by atoms with Crippen LogP contribution in [0.25, 0.3) is 0 Å². The van der Waals surface area contributed by atoms with Gasteiger partial charge < -0.3 is 9.47 Å². The van der Waals surface area contributed by atoms with Gasteiger partial charge in [0.25, 0.3) is 0 Å². The third-order valence-electron chi connectivity index (χ3n) is 5.34. The van der Waals surface area contributed by atoms with Gasteiger partial charge in [-0.25, -0.2) is 0 Å². The molecule has 174 valence electrons. The molecule has 0 fully saturated rings. The Bertz CT molecular complexity index is 1090. The average Bonchev–Trinajstić information content (AvgIpc) is 2.84. The van der Waals surface area contributed by atoms with Gasteiger partial charge in [0.2, 0.25) is 0 Å². The van der Waals surface area contributed by atoms with Crippen LogP contribution in [0.5, 0.6) is 23.0 Å². The molecule has 0 saturated heterocycles. The summed E-state index contributed by atoms with van der Waals surface area (Å²) in [6.45, 7) is 8.48. The molecule has 3 aromatic carbocycles. The van der Waals surface area contributed by atoms with Gasteiger partial charge in [0.05, 0.1) is 11.1 Å². The highest BCUT2D eigenvalue weighted by atomic mass is 16.5. The molecule has 34 heavy (non-hydrogen) atoms. The lowest BCUT2D eigenvalue weighted by atomic mass is 10.1. The van der Waals surface area contributed by atoms with Crippen molar-refractivity contribution in [3.8, 4) is 46.7 Å². The minimum absolute atomic E-state index is 0.675. The number of aryl methyl sites for hydroxylation is 2. The highest BCUT2D eigenvalue weighted by molar-refractivity contribution is 5.60. The van der Waals surface area contributed by atoms with E-state index >= 15 is 0 Å². The number of ether oxygens (including phenoxy) is 2. The Morgan fingerprint density at radius 1 is 0.588 bits per heavy atom. The molecular formula is C32H34O2. The van der Waals surface area contributed by atoms with Gasteiger partial charge in [-0.1, -0.05) is 85.8 Å². The van der Waals surface area contributed by atoms with Crippen LogP contribution in [0.3, 0.4) is 0 Å². The molecule has 3 aromatic rings. The van der Waals surface area contributed by atoms with Gasteiger partial charge in [0.15, 0.2) is 0 Å². The van der Waals surface area contributed by atoms with Crippen LogP contribution in [0.15, 0.2) is 60.7 Å². The smallest absolute Gasteiger partial charge is 0.146 e. The van der Waals surface area contributed by atoms with Gasteiger partial charge in [-0.2, -0.15) is 0 Å². The van der Waals surface area contributed by atoms with Crippen LogP contribution in [0.1, 0.15) is 74.6 Å². The Labute approximate surface area is 205 Å². The maximum Gasteiger partial charge on any atom is 0.146 e. The molecule has 0 atom stereocenters. The van der Waals surface area contributed by atoms with E-state index in [4.69, 9.17) is 9.47 Å². The topological polar surface area (TPSA) is 18.5 Å². The van der Waals surface area contributed by atoms with Gasteiger partial charge >= 0.3 is 0 Å². The number of rotatable bonds is 8. The first-order valence-electron chi connectivity index (χ1n) is 12.2. The van der Waals surface area contributed by atoms with Gasteiger partial charge in [-0.3, -0.25) is 0 Å². The summed E-state index contributed by atoms with van der Waals surface area (Å²) in [6, 6.07) is 20.0. The molecular weight excluding hydrogens is 416 g/mol. The molecule has 0 radical (unpaired) electrons. The fourth-order valence-corrected chi connectivity index (χ4v) is 3.24. The lowest BCUT2D eigenvalue weighted by Gasteiger charge is -2.14. The summed E-state index contributed by atoms with van der Waals surface area (Å²) in [5.74, 6) is 16.1. The second-order valence-corrected chi connectivity index (χ2v) is 8.49. The van der Waals surface area contributed by atoms with Crippen LogP contribution in [-0.2, 0) is 0 Å². The zero-order valence-corrected chi connectivity index (χ0v) is 20.8. The van der Waals surface area contributed by atoms with Crippen molar-refractivity contribution >= 4 is 0 Å². The Morgan fingerprint density at radius 3 is 1.38 bits per heavy atom. The normalized spacial score (nSPS) is 10.0. The van der Waals surface area contributed by atoms with Crippen molar-refractivity contribution in [3.63, 3.8) is 0 Å². The lowest BCUT2D eigenvalue weighted by Crippen LogP contribution is -1.95. The fourth-order valence-electron chi connectivity index (χ4n) is 3.24. The van der Waals surface area contributed by atoms with Gasteiger partial charge in [0.1, 0.15) is 23.0 Å². The van der Waals surface area contributed by atoms with Crippen LogP contribution >= 0.6 is 0 Å². The SMILES string of the molecule is CCCCC#Cc1cc(C#CCCCC)c(Oc2ccc(C)cc2)cc1Oc1ccc(C)cc1. The molecule has 3 rings (SSSR count). The third kappa shape index (κ3) is 7.75. The first kappa shape index (κ1) is 25.0. The lowest BCUT2D eigenvalue weighted by molar-refractivity contribution is 0.458. The van der Waals surface area contributed by atoms with E-state index in [0.29, 0.717) is 11.5 Å². The number of benzene rings is 3. The van der Waals surface area contributed by atoms with Crippen molar-refractivity contribution in [1.82, 2.24) is 0 Å². The minimum Gasteiger partial charge on any atom is -0.456 e. The van der Waals surface area contributed by atoms with E-state index in [2.05, 4.69) is 51.4 Å². The Morgan fingerprint density at radius 2 is 1.00 bits per heavy atom. The maximum absolute atomic E-state index is 6.29. The van der Waals surface area contributed by atoms with Crippen molar-refractivity contribution in [2.45, 2.75) is 66.2 Å². The Hall–Kier alpha value is -3.62. The first-order valence-corrected chi connectivity index (χ1v) is 12.2. The van der Waals surface area contributed by atoms with Gasteiger partial charge in [-0.15, -0.1) is 0 Å². The van der Waals surface area contributed by atoms with Crippen molar-refractivity contribution in [1.29, 1.82) is 0 Å². The maximum atomic E-state index is 6.29. The molecule has 0 heterocycles. The largest absolute Gasteiger partial charge is 0.456 e. The molecule has 0 N–H and O–H groups in total. The minimum atomic E-state index is 0.675. The standard InChI is InChI=1S/C32H34O2/c1-5-7-9-11-13-27-23-28(14-12-10-8-6-2)32(34-30-21-17-26(4)18-22-30)24-31(27)33-29-19-15-25(3)16-20-29/h15-24H,5-10H2,1-4H3. The molecule has 0 aromatic heterocycles. The molecule has 0 aliphatic heterocycles. The third-order valence-corrected chi connectivity index (χ3v) is 5.34. The summed E-state index contributed by atoms with van der Waals surface area (Å²) in [5.41, 5.74) is 4.03. The first-order chi connectivity index (χ1) is 16.6. The van der Waals surface area contributed by atoms with Gasteiger partial charge in [-0.05, 0) is 57.0 Å². The summed E-state index contributed by atoms with van der Waals surface area (Å²) in [6.07, 6.45) is 6.13. The van der Waals surface area contributed by atoms with Crippen molar-refractivity contribution < 1.29 is 9.47 Å². The zero-order chi connectivity index (χ0) is 24.2. The molecule has 0 bridgehead atoms. The molecule has 2 nitrogen and oxygen atoms in total. The summed E-state index contributed by atoms with van der Waals surface area (Å²) in [5, 5.41) is 0. The van der Waals surface area contributed by atoms with E-state index in [1.807, 2.05) is 60.7 Å². The number of hydrogen-bond donors (Lipinski definition) is 0. The predicted octanol–water partition coefficient (Wildman–Crippen LogP) is 8.97. The van der Waals surface area contributed by atoms with Crippen molar-refractivity contribution in [2.75, 3.05) is 0 Å². The summed E-state index contributed by atoms with van der Waals surface area (Å²) in [4.78, 5) is 0. The number of hydrogen-bond acceptors (Lipinski definition) is 2. The van der Waals surface area contributed by atoms with E-state index in [1.165, 1.54) is 11.1 Å². The van der Waals surface area contributed by atoms with E-state index < -0.39 is 0 Å². The molecule has 0 amide bonds. The van der Waals surface area contributed by atoms with Crippen LogP contribution in [0.2, 0.25) is 0 Å². The summed E-state index contributed by atoms with van der Waals surface area (Å²) < 4.78 is 12.6. The summed E-state index contributed by atoms with van der Waals surface area (Å²) in [7, 11) is 0. The van der Waals surface area contributed by atoms with Crippen molar-refractivity contribution in [3.05, 3.63) is 82.9 Å². The molecule has 0 saturated carbocycles. The molecule has 2 heteroatoms. The second-order valence-electron chi connectivity index (χ2n) is 8.49. The van der Waals surface area contributed by atoms with Crippen LogP contribution in [0.4, 0.5) is 0 Å². The highest BCUT2D eigenvalue weighted by Crippen LogP contribution is 2.35. The molecule has 0 spiro atoms. The number of unbranched alkanes of at least 4 members (excludes halogenated alkanes) is 4. The van der Waals surface area contributed by atoms with Gasteiger partial charge in [0, 0.05) is 18.9 Å². The van der Waals surface area contributed by atoms with Crippen LogP contribution < -0.4 is 9.47 Å². The van der Waals surface area contributed by atoms with E-state index in [-0.39, 0.29) is 0 Å². The Kier molecular flexibility index (Phi) is 9.69. The molecule has 0 aliphatic rings. The quantitative estimate of drug-likeness (QED) is 0.252. The van der Waals surface area contributed by atoms with Crippen molar-refractivity contribution in [2.24, 2.45) is 0 Å². The van der Waals surface area contributed by atoms with E-state index in [9.17, 15) is 0 Å². The van der Waals surface area contributed by atoms with E-state index in [0.717, 1.165) is 61.2 Å².